The first-order valence-electron chi connectivity index (χ1n) is 7.36. The van der Waals surface area contributed by atoms with Crippen LogP contribution in [0.15, 0.2) is 0 Å². The topological polar surface area (TPSA) is 61.4 Å². The molecule has 0 aliphatic carbocycles. The third-order valence-electron chi connectivity index (χ3n) is 4.03. The van der Waals surface area contributed by atoms with Gasteiger partial charge >= 0.3 is 6.18 Å². The van der Waals surface area contributed by atoms with Gasteiger partial charge in [0.2, 0.25) is 0 Å². The Balaban J connectivity index is 1.87. The molecule has 0 amide bonds. The van der Waals surface area contributed by atoms with E-state index in [0.29, 0.717) is 13.1 Å². The molecular formula is C12H22F3N3O2S. The number of nitrogens with zero attached hydrogens (tertiary/aromatic N) is 1. The number of alkyl halides is 3. The smallest absolute Gasteiger partial charge is 0.305 e. The Morgan fingerprint density at radius 2 is 1.67 bits per heavy atom. The van der Waals surface area contributed by atoms with Crippen molar-refractivity contribution in [3.63, 3.8) is 0 Å². The fraction of sp³-hybridized carbons (Fsp3) is 1.00. The van der Waals surface area contributed by atoms with E-state index < -0.39 is 28.5 Å². The molecule has 2 aliphatic rings. The molecule has 2 fully saturated rings. The average molecular weight is 329 g/mol. The van der Waals surface area contributed by atoms with Crippen LogP contribution < -0.4 is 10.0 Å². The molecule has 2 atom stereocenters. The van der Waals surface area contributed by atoms with Crippen molar-refractivity contribution in [2.45, 2.75) is 56.8 Å². The zero-order valence-electron chi connectivity index (χ0n) is 11.8. The second kappa shape index (κ2) is 6.80. The second-order valence-corrected chi connectivity index (χ2v) is 7.42. The van der Waals surface area contributed by atoms with Gasteiger partial charge in [0.15, 0.2) is 0 Å². The van der Waals surface area contributed by atoms with Gasteiger partial charge in [-0.15, -0.1) is 0 Å². The van der Waals surface area contributed by atoms with Crippen LogP contribution >= 0.6 is 0 Å². The standard InChI is InChI=1S/C12H22F3N3O2S/c13-12(14,15)11-6-5-10(9-16-11)17-21(19,20)18-7-3-1-2-4-8-18/h10-11,16-17H,1-9H2. The maximum absolute atomic E-state index is 12.5. The van der Waals surface area contributed by atoms with E-state index in [1.165, 1.54) is 4.31 Å². The zero-order chi connectivity index (χ0) is 15.5. The van der Waals surface area contributed by atoms with Gasteiger partial charge in [0.25, 0.3) is 10.2 Å². The molecule has 2 heterocycles. The number of hydrogen-bond donors (Lipinski definition) is 2. The van der Waals surface area contributed by atoms with Gasteiger partial charge in [0.1, 0.15) is 6.04 Å². The monoisotopic (exact) mass is 329 g/mol. The van der Waals surface area contributed by atoms with E-state index in [-0.39, 0.29) is 19.4 Å². The minimum Gasteiger partial charge on any atom is -0.305 e. The summed E-state index contributed by atoms with van der Waals surface area (Å²) in [5.41, 5.74) is 0. The van der Waals surface area contributed by atoms with Gasteiger partial charge in [-0.1, -0.05) is 12.8 Å². The van der Waals surface area contributed by atoms with E-state index >= 15 is 0 Å². The summed E-state index contributed by atoms with van der Waals surface area (Å²) in [4.78, 5) is 0. The summed E-state index contributed by atoms with van der Waals surface area (Å²) in [5, 5.41) is 2.38. The van der Waals surface area contributed by atoms with Gasteiger partial charge in [0, 0.05) is 25.7 Å². The molecule has 9 heteroatoms. The summed E-state index contributed by atoms with van der Waals surface area (Å²) in [7, 11) is -3.60. The van der Waals surface area contributed by atoms with Crippen LogP contribution in [0.2, 0.25) is 0 Å². The summed E-state index contributed by atoms with van der Waals surface area (Å²) in [6, 6.07) is -2.01. The maximum Gasteiger partial charge on any atom is 0.403 e. The van der Waals surface area contributed by atoms with Crippen molar-refractivity contribution < 1.29 is 21.6 Å². The van der Waals surface area contributed by atoms with Gasteiger partial charge in [-0.2, -0.15) is 30.6 Å². The third kappa shape index (κ3) is 4.80. The summed E-state index contributed by atoms with van der Waals surface area (Å²) >= 11 is 0. The Morgan fingerprint density at radius 1 is 1.05 bits per heavy atom. The Kier molecular flexibility index (Phi) is 5.50. The zero-order valence-corrected chi connectivity index (χ0v) is 12.6. The predicted octanol–water partition coefficient (Wildman–Crippen LogP) is 1.38. The fourth-order valence-electron chi connectivity index (χ4n) is 2.80. The number of rotatable bonds is 3. The summed E-state index contributed by atoms with van der Waals surface area (Å²) < 4.78 is 66.0. The molecule has 0 aromatic heterocycles. The van der Waals surface area contributed by atoms with Crippen LogP contribution in [-0.4, -0.2) is 50.6 Å². The Hall–Kier alpha value is -0.380. The SMILES string of the molecule is O=S(=O)(NC1CCC(C(F)(F)F)NC1)N1CCCCCC1. The molecule has 0 bridgehead atoms. The van der Waals surface area contributed by atoms with Crippen LogP contribution in [0.25, 0.3) is 0 Å². The van der Waals surface area contributed by atoms with E-state index in [2.05, 4.69) is 10.0 Å². The van der Waals surface area contributed by atoms with Crippen LogP contribution in [0, 0.1) is 0 Å². The highest BCUT2D eigenvalue weighted by Gasteiger charge is 2.42. The molecule has 21 heavy (non-hydrogen) atoms. The molecule has 2 aliphatic heterocycles. The normalized spacial score (nSPS) is 30.0. The summed E-state index contributed by atoms with van der Waals surface area (Å²) in [6.07, 6.45) is -0.468. The highest BCUT2D eigenvalue weighted by molar-refractivity contribution is 7.87. The van der Waals surface area contributed by atoms with Crippen LogP contribution in [0.4, 0.5) is 13.2 Å². The van der Waals surface area contributed by atoms with E-state index in [0.717, 1.165) is 25.7 Å². The van der Waals surface area contributed by atoms with Crippen molar-refractivity contribution in [2.24, 2.45) is 0 Å². The third-order valence-corrected chi connectivity index (χ3v) is 5.71. The fourth-order valence-corrected chi connectivity index (χ4v) is 4.31. The summed E-state index contributed by atoms with van der Waals surface area (Å²) in [6.45, 7) is 0.985. The van der Waals surface area contributed by atoms with Gasteiger partial charge in [-0.05, 0) is 25.7 Å². The Bertz CT molecular complexity index is 426. The van der Waals surface area contributed by atoms with Crippen molar-refractivity contribution in [2.75, 3.05) is 19.6 Å². The highest BCUT2D eigenvalue weighted by atomic mass is 32.2. The van der Waals surface area contributed by atoms with Crippen LogP contribution in [0.3, 0.4) is 0 Å². The van der Waals surface area contributed by atoms with Gasteiger partial charge < -0.3 is 5.32 Å². The lowest BCUT2D eigenvalue weighted by atomic mass is 10.0. The Morgan fingerprint density at radius 3 is 2.14 bits per heavy atom. The van der Waals surface area contributed by atoms with Gasteiger partial charge in [0.05, 0.1) is 0 Å². The molecule has 2 unspecified atom stereocenters. The minimum absolute atomic E-state index is 0.0112. The average Bonchev–Trinajstić information content (AvgIpc) is 2.67. The highest BCUT2D eigenvalue weighted by Crippen LogP contribution is 2.26. The van der Waals surface area contributed by atoms with Gasteiger partial charge in [-0.25, -0.2) is 0 Å². The number of hydrogen-bond acceptors (Lipinski definition) is 3. The molecule has 0 spiro atoms. The molecule has 124 valence electrons. The van der Waals surface area contributed by atoms with Crippen LogP contribution in [0.5, 0.6) is 0 Å². The van der Waals surface area contributed by atoms with Gasteiger partial charge in [-0.3, -0.25) is 0 Å². The summed E-state index contributed by atoms with van der Waals surface area (Å²) in [5.74, 6) is 0. The quantitative estimate of drug-likeness (QED) is 0.822. The number of nitrogens with one attached hydrogen (secondary N) is 2. The maximum atomic E-state index is 12.5. The van der Waals surface area contributed by atoms with Crippen molar-refractivity contribution in [3.05, 3.63) is 0 Å². The lowest BCUT2D eigenvalue weighted by Gasteiger charge is -2.32. The molecule has 2 N–H and O–H groups in total. The molecule has 0 radical (unpaired) electrons. The molecule has 5 nitrogen and oxygen atoms in total. The number of piperidine rings is 1. The molecule has 2 rings (SSSR count). The Labute approximate surface area is 123 Å². The largest absolute Gasteiger partial charge is 0.403 e. The van der Waals surface area contributed by atoms with Crippen LogP contribution in [0.1, 0.15) is 38.5 Å². The lowest BCUT2D eigenvalue weighted by molar-refractivity contribution is -0.160. The van der Waals surface area contributed by atoms with E-state index in [4.69, 9.17) is 0 Å². The van der Waals surface area contributed by atoms with Crippen molar-refractivity contribution in [1.29, 1.82) is 0 Å². The lowest BCUT2D eigenvalue weighted by Crippen LogP contribution is -2.56. The minimum atomic E-state index is -4.27. The predicted molar refractivity (Wildman–Crippen MR) is 73.0 cm³/mol. The first-order valence-corrected chi connectivity index (χ1v) is 8.80. The van der Waals surface area contributed by atoms with Crippen LogP contribution in [-0.2, 0) is 10.2 Å². The second-order valence-electron chi connectivity index (χ2n) is 5.71. The van der Waals surface area contributed by atoms with Crippen molar-refractivity contribution >= 4 is 10.2 Å². The van der Waals surface area contributed by atoms with Crippen molar-refractivity contribution in [3.8, 4) is 0 Å². The molecule has 0 aromatic carbocycles. The molecular weight excluding hydrogens is 307 g/mol. The first kappa shape index (κ1) is 17.0. The first-order chi connectivity index (χ1) is 9.79. The molecule has 2 saturated heterocycles. The number of halogens is 3. The van der Waals surface area contributed by atoms with E-state index in [1.54, 1.807) is 0 Å². The van der Waals surface area contributed by atoms with E-state index in [1.807, 2.05) is 0 Å². The molecule has 0 aromatic rings. The van der Waals surface area contributed by atoms with E-state index in [9.17, 15) is 21.6 Å². The van der Waals surface area contributed by atoms with Crippen molar-refractivity contribution in [1.82, 2.24) is 14.3 Å². The molecule has 0 saturated carbocycles.